The van der Waals surface area contributed by atoms with Crippen LogP contribution in [0.25, 0.3) is 40.8 Å². The van der Waals surface area contributed by atoms with E-state index in [1.165, 1.54) is 42.6 Å². The van der Waals surface area contributed by atoms with E-state index in [-0.39, 0.29) is 11.3 Å². The molecule has 0 fully saturated rings. The molecule has 0 saturated heterocycles. The highest BCUT2D eigenvalue weighted by molar-refractivity contribution is 8.46. The summed E-state index contributed by atoms with van der Waals surface area (Å²) in [6, 6.07) is 7.59. The molecule has 0 atom stereocenters. The van der Waals surface area contributed by atoms with Crippen LogP contribution in [0.15, 0.2) is 59.6 Å². The zero-order valence-corrected chi connectivity index (χ0v) is 34.2. The summed E-state index contributed by atoms with van der Waals surface area (Å²) < 4.78 is 19.5. The van der Waals surface area contributed by atoms with Crippen LogP contribution in [-0.2, 0) is 0 Å². The Morgan fingerprint density at radius 3 is 1.06 bits per heavy atom. The molecule has 0 bridgehead atoms. The molecule has 0 saturated carbocycles. The highest BCUT2D eigenvalue weighted by atomic mass is 32.3. The van der Waals surface area contributed by atoms with Gasteiger partial charge in [-0.2, -0.15) is 0 Å². The van der Waals surface area contributed by atoms with Gasteiger partial charge in [-0.05, 0) is 73.0 Å². The summed E-state index contributed by atoms with van der Waals surface area (Å²) in [6.07, 6.45) is 9.33. The molecule has 2 aliphatic rings. The van der Waals surface area contributed by atoms with Crippen LogP contribution < -0.4 is 22.1 Å². The Morgan fingerprint density at radius 2 is 0.771 bits per heavy atom. The van der Waals surface area contributed by atoms with Gasteiger partial charge in [0.15, 0.2) is 10.8 Å². The number of unbranched alkanes of at least 4 members (excludes halogenated alkanes) is 4. The van der Waals surface area contributed by atoms with Gasteiger partial charge in [0.25, 0.3) is 0 Å². The Hall–Kier alpha value is -0.600. The lowest BCUT2D eigenvalue weighted by molar-refractivity contribution is 0.491. The van der Waals surface area contributed by atoms with Crippen molar-refractivity contribution < 1.29 is 8.83 Å². The van der Waals surface area contributed by atoms with E-state index >= 15 is 0 Å². The van der Waals surface area contributed by atoms with E-state index in [1.54, 1.807) is 47.0 Å². The lowest BCUT2D eigenvalue weighted by atomic mass is 9.97. The molecule has 6 rings (SSSR count). The minimum atomic E-state index is -0.370. The number of hydrogen-bond donors (Lipinski definition) is 0. The molecule has 0 amide bonds. The lowest BCUT2D eigenvalue weighted by Gasteiger charge is -2.11. The van der Waals surface area contributed by atoms with E-state index in [0.29, 0.717) is 21.6 Å². The van der Waals surface area contributed by atoms with Crippen LogP contribution in [0.4, 0.5) is 0 Å². The van der Waals surface area contributed by atoms with Crippen LogP contribution in [-0.4, -0.2) is 23.0 Å². The van der Waals surface area contributed by atoms with E-state index in [1.807, 2.05) is 71.3 Å². The van der Waals surface area contributed by atoms with Gasteiger partial charge in [0, 0.05) is 21.5 Å². The van der Waals surface area contributed by atoms with E-state index in [4.69, 9.17) is 8.83 Å². The zero-order chi connectivity index (χ0) is 33.6. The standard InChI is InChI=1S/C36H40O4S8/c1-5-9-17-41-33-34(42-18-10-6-2)46-31(45-33)27-21-13-15-24-26-22(14-16-23(25(21)26)29(37)39-27)28(40-30(24)38)32-47-35(43-19-11-7-3)36(48-32)44-20-12-8-4/h13-16H,5-12,17-20H2,1-4H3. The first-order valence-corrected chi connectivity index (χ1v) is 23.9. The minimum Gasteiger partial charge on any atom is -0.420 e. The molecular formula is C36H40O4S8. The summed E-state index contributed by atoms with van der Waals surface area (Å²) in [5.41, 5.74) is 0.473. The maximum Gasteiger partial charge on any atom is 0.344 e. The van der Waals surface area contributed by atoms with Crippen molar-refractivity contribution in [2.45, 2.75) is 79.1 Å². The molecule has 4 nitrogen and oxygen atoms in total. The molecule has 12 heteroatoms. The summed E-state index contributed by atoms with van der Waals surface area (Å²) in [7, 11) is 0. The molecule has 2 aromatic heterocycles. The molecule has 2 aliphatic heterocycles. The molecule has 0 unspecified atom stereocenters. The van der Waals surface area contributed by atoms with Crippen LogP contribution in [0.5, 0.6) is 0 Å². The summed E-state index contributed by atoms with van der Waals surface area (Å²) in [6.45, 7) is 8.89. The van der Waals surface area contributed by atoms with E-state index in [0.717, 1.165) is 78.7 Å². The van der Waals surface area contributed by atoms with Gasteiger partial charge >= 0.3 is 11.3 Å². The third-order valence-corrected chi connectivity index (χ3v) is 19.2. The Kier molecular flexibility index (Phi) is 13.7. The predicted octanol–water partition coefficient (Wildman–Crippen LogP) is 12.0. The highest BCUT2D eigenvalue weighted by Gasteiger charge is 2.28. The second-order valence-electron chi connectivity index (χ2n) is 11.4. The van der Waals surface area contributed by atoms with Crippen LogP contribution in [0, 0.1) is 0 Å². The monoisotopic (exact) mass is 792 g/mol. The fraction of sp³-hybridized carbons (Fsp3) is 0.444. The van der Waals surface area contributed by atoms with Crippen molar-refractivity contribution in [2.24, 2.45) is 0 Å². The molecule has 256 valence electrons. The lowest BCUT2D eigenvalue weighted by Crippen LogP contribution is -2.18. The summed E-state index contributed by atoms with van der Waals surface area (Å²) in [5, 5.41) is 4.33. The predicted molar refractivity (Wildman–Crippen MR) is 227 cm³/mol. The smallest absolute Gasteiger partial charge is 0.344 e. The fourth-order valence-corrected chi connectivity index (χ4v) is 17.5. The largest absolute Gasteiger partial charge is 0.420 e. The van der Waals surface area contributed by atoms with Gasteiger partial charge in [-0.3, -0.25) is 0 Å². The van der Waals surface area contributed by atoms with Crippen LogP contribution in [0.2, 0.25) is 0 Å². The minimum absolute atomic E-state index is 0.370. The average molecular weight is 793 g/mol. The molecule has 0 spiro atoms. The number of benzene rings is 2. The Morgan fingerprint density at radius 1 is 0.479 bits per heavy atom. The third-order valence-electron chi connectivity index (χ3n) is 7.85. The van der Waals surface area contributed by atoms with Gasteiger partial charge in [0.2, 0.25) is 0 Å². The van der Waals surface area contributed by atoms with Crippen molar-refractivity contribution in [3.63, 3.8) is 0 Å². The average Bonchev–Trinajstić information content (AvgIpc) is 3.69. The zero-order valence-electron chi connectivity index (χ0n) is 27.7. The maximum atomic E-state index is 13.7. The SMILES string of the molecule is CCCCSC1=C(SCCCC)SC(=c2oc(=O)c3ccc4c(=C5SC(SCCCC)=C(SCCCC)S5)oc(=O)c5ccc2c3c54)S1. The summed E-state index contributed by atoms with van der Waals surface area (Å²) in [5.74, 6) is 4.30. The van der Waals surface area contributed by atoms with Gasteiger partial charge in [-0.15, -0.1) is 47.0 Å². The Balaban J connectivity index is 1.49. The first-order chi connectivity index (χ1) is 23.5. The summed E-state index contributed by atoms with van der Waals surface area (Å²) >= 11 is 14.6. The second kappa shape index (κ2) is 17.8. The van der Waals surface area contributed by atoms with E-state index in [9.17, 15) is 9.59 Å². The van der Waals surface area contributed by atoms with Crippen LogP contribution in [0.3, 0.4) is 0 Å². The van der Waals surface area contributed by atoms with Crippen LogP contribution >= 0.6 is 94.1 Å². The van der Waals surface area contributed by atoms with Crippen molar-refractivity contribution in [2.75, 3.05) is 23.0 Å². The molecule has 0 aliphatic carbocycles. The van der Waals surface area contributed by atoms with Gasteiger partial charge in [-0.1, -0.05) is 100 Å². The molecule has 2 aromatic carbocycles. The van der Waals surface area contributed by atoms with Crippen molar-refractivity contribution in [1.82, 2.24) is 0 Å². The first kappa shape index (κ1) is 37.2. The Labute approximate surface area is 316 Å². The van der Waals surface area contributed by atoms with Crippen LogP contribution in [0.1, 0.15) is 79.1 Å². The van der Waals surface area contributed by atoms with Gasteiger partial charge in [-0.25, -0.2) is 9.59 Å². The number of hydrogen-bond acceptors (Lipinski definition) is 12. The first-order valence-electron chi connectivity index (χ1n) is 16.7. The molecule has 48 heavy (non-hydrogen) atoms. The molecular weight excluding hydrogens is 753 g/mol. The van der Waals surface area contributed by atoms with Gasteiger partial charge in [0.1, 0.15) is 0 Å². The van der Waals surface area contributed by atoms with Crippen molar-refractivity contribution in [1.29, 1.82) is 0 Å². The molecule has 0 radical (unpaired) electrons. The second-order valence-corrected chi connectivity index (χ2v) is 21.5. The van der Waals surface area contributed by atoms with E-state index < -0.39 is 0 Å². The van der Waals surface area contributed by atoms with E-state index in [2.05, 4.69) is 27.7 Å². The van der Waals surface area contributed by atoms with Crippen molar-refractivity contribution in [3.05, 3.63) is 72.9 Å². The third kappa shape index (κ3) is 8.06. The number of rotatable bonds is 16. The van der Waals surface area contributed by atoms with Crippen molar-refractivity contribution >= 4 is 135 Å². The van der Waals surface area contributed by atoms with Gasteiger partial charge < -0.3 is 8.83 Å². The molecule has 0 N–H and O–H groups in total. The van der Waals surface area contributed by atoms with Gasteiger partial charge in [0.05, 0.1) is 36.2 Å². The molecule has 4 aromatic rings. The quantitative estimate of drug-likeness (QED) is 0.0802. The molecule has 4 heterocycles. The topological polar surface area (TPSA) is 60.4 Å². The highest BCUT2D eigenvalue weighted by Crippen LogP contribution is 2.59. The maximum absolute atomic E-state index is 13.7. The Bertz CT molecular complexity index is 1900. The summed E-state index contributed by atoms with van der Waals surface area (Å²) in [4.78, 5) is 27.3. The number of thioether (sulfide) groups is 8. The fourth-order valence-electron chi connectivity index (χ4n) is 5.24. The normalized spacial score (nSPS) is 15.6. The van der Waals surface area contributed by atoms with Crippen molar-refractivity contribution in [3.8, 4) is 0 Å².